The summed E-state index contributed by atoms with van der Waals surface area (Å²) in [6.45, 7) is 0.227. The standard InChI is InChI=1S/C16H12O4/c17-13-3-1-2-12(9-13)14(18)6-4-11-5-7-15-16(8-11)20-10-19-15/h1-9,17H,10H2/b6-4+. The van der Waals surface area contributed by atoms with Crippen molar-refractivity contribution in [1.29, 1.82) is 0 Å². The molecule has 0 spiro atoms. The lowest BCUT2D eigenvalue weighted by Gasteiger charge is -1.98. The quantitative estimate of drug-likeness (QED) is 0.686. The van der Waals surface area contributed by atoms with Crippen molar-refractivity contribution in [1.82, 2.24) is 0 Å². The molecule has 3 rings (SSSR count). The van der Waals surface area contributed by atoms with Gasteiger partial charge in [-0.3, -0.25) is 4.79 Å². The van der Waals surface area contributed by atoms with Gasteiger partial charge in [-0.1, -0.05) is 24.3 Å². The van der Waals surface area contributed by atoms with Gasteiger partial charge >= 0.3 is 0 Å². The predicted octanol–water partition coefficient (Wildman–Crippen LogP) is 3.02. The maximum atomic E-state index is 12.0. The largest absolute Gasteiger partial charge is 0.508 e. The Bertz CT molecular complexity index is 689. The lowest BCUT2D eigenvalue weighted by Crippen LogP contribution is -1.93. The minimum Gasteiger partial charge on any atom is -0.508 e. The van der Waals surface area contributed by atoms with Gasteiger partial charge in [-0.15, -0.1) is 0 Å². The number of rotatable bonds is 3. The molecule has 20 heavy (non-hydrogen) atoms. The molecule has 2 aromatic rings. The number of aromatic hydroxyl groups is 1. The molecule has 0 aliphatic carbocycles. The van der Waals surface area contributed by atoms with Crippen molar-refractivity contribution in [2.24, 2.45) is 0 Å². The third-order valence-corrected chi connectivity index (χ3v) is 2.95. The Morgan fingerprint density at radius 1 is 1.10 bits per heavy atom. The molecule has 1 heterocycles. The van der Waals surface area contributed by atoms with E-state index in [2.05, 4.69) is 0 Å². The van der Waals surface area contributed by atoms with Crippen LogP contribution in [0.3, 0.4) is 0 Å². The van der Waals surface area contributed by atoms with E-state index in [0.717, 1.165) is 5.56 Å². The van der Waals surface area contributed by atoms with Crippen LogP contribution in [0.25, 0.3) is 6.08 Å². The van der Waals surface area contributed by atoms with E-state index in [4.69, 9.17) is 9.47 Å². The van der Waals surface area contributed by atoms with E-state index >= 15 is 0 Å². The molecule has 0 amide bonds. The molecular formula is C16H12O4. The van der Waals surface area contributed by atoms with Gasteiger partial charge in [0.15, 0.2) is 17.3 Å². The van der Waals surface area contributed by atoms with E-state index in [-0.39, 0.29) is 18.3 Å². The number of allylic oxidation sites excluding steroid dienone is 1. The van der Waals surface area contributed by atoms with Crippen molar-refractivity contribution in [3.63, 3.8) is 0 Å². The molecule has 0 saturated carbocycles. The monoisotopic (exact) mass is 268 g/mol. The van der Waals surface area contributed by atoms with Crippen LogP contribution < -0.4 is 9.47 Å². The van der Waals surface area contributed by atoms with Gasteiger partial charge in [0.05, 0.1) is 0 Å². The highest BCUT2D eigenvalue weighted by Gasteiger charge is 2.12. The first-order valence-electron chi connectivity index (χ1n) is 6.13. The number of phenols is 1. The second kappa shape index (κ2) is 5.09. The Labute approximate surface area is 115 Å². The summed E-state index contributed by atoms with van der Waals surface area (Å²) < 4.78 is 10.5. The minimum atomic E-state index is -0.168. The molecular weight excluding hydrogens is 256 g/mol. The summed E-state index contributed by atoms with van der Waals surface area (Å²) in [6.07, 6.45) is 3.17. The lowest BCUT2D eigenvalue weighted by molar-refractivity contribution is 0.104. The fraction of sp³-hybridized carbons (Fsp3) is 0.0625. The fourth-order valence-corrected chi connectivity index (χ4v) is 1.94. The fourth-order valence-electron chi connectivity index (χ4n) is 1.94. The van der Waals surface area contributed by atoms with Gasteiger partial charge in [0.2, 0.25) is 6.79 Å². The van der Waals surface area contributed by atoms with Crippen LogP contribution in [0.5, 0.6) is 17.2 Å². The number of phenolic OH excluding ortho intramolecular Hbond substituents is 1. The highest BCUT2D eigenvalue weighted by molar-refractivity contribution is 6.07. The first-order valence-corrected chi connectivity index (χ1v) is 6.13. The Kier molecular flexibility index (Phi) is 3.13. The molecule has 1 aliphatic heterocycles. The third-order valence-electron chi connectivity index (χ3n) is 2.95. The minimum absolute atomic E-state index is 0.0762. The Hall–Kier alpha value is -2.75. The zero-order chi connectivity index (χ0) is 13.9. The number of ether oxygens (including phenoxy) is 2. The smallest absolute Gasteiger partial charge is 0.231 e. The van der Waals surface area contributed by atoms with E-state index in [9.17, 15) is 9.90 Å². The van der Waals surface area contributed by atoms with Gasteiger partial charge in [0, 0.05) is 5.56 Å². The summed E-state index contributed by atoms with van der Waals surface area (Å²) in [4.78, 5) is 12.0. The SMILES string of the molecule is O=C(/C=C/c1ccc2c(c1)OCO2)c1cccc(O)c1. The summed E-state index contributed by atoms with van der Waals surface area (Å²) in [5.41, 5.74) is 1.30. The van der Waals surface area contributed by atoms with E-state index in [1.165, 1.54) is 18.2 Å². The number of carbonyl (C=O) groups excluding carboxylic acids is 1. The zero-order valence-electron chi connectivity index (χ0n) is 10.6. The molecule has 2 aromatic carbocycles. The van der Waals surface area contributed by atoms with E-state index in [1.54, 1.807) is 24.3 Å². The lowest BCUT2D eigenvalue weighted by atomic mass is 10.1. The third kappa shape index (κ3) is 2.49. The number of hydrogen-bond donors (Lipinski definition) is 1. The molecule has 1 aliphatic rings. The van der Waals surface area contributed by atoms with Crippen molar-refractivity contribution < 1.29 is 19.4 Å². The van der Waals surface area contributed by atoms with Crippen molar-refractivity contribution in [3.8, 4) is 17.2 Å². The highest BCUT2D eigenvalue weighted by atomic mass is 16.7. The average molecular weight is 268 g/mol. The first-order chi connectivity index (χ1) is 9.72. The van der Waals surface area contributed by atoms with Gasteiger partial charge < -0.3 is 14.6 Å². The first kappa shape index (κ1) is 12.3. The second-order valence-electron chi connectivity index (χ2n) is 4.36. The molecule has 0 radical (unpaired) electrons. The normalized spacial score (nSPS) is 12.8. The van der Waals surface area contributed by atoms with Crippen LogP contribution in [-0.4, -0.2) is 17.7 Å². The van der Waals surface area contributed by atoms with E-state index in [0.29, 0.717) is 17.1 Å². The molecule has 1 N–H and O–H groups in total. The van der Waals surface area contributed by atoms with Crippen LogP contribution in [0.4, 0.5) is 0 Å². The summed E-state index contributed by atoms with van der Waals surface area (Å²) in [5.74, 6) is 1.30. The number of fused-ring (bicyclic) bond motifs is 1. The number of benzene rings is 2. The van der Waals surface area contributed by atoms with Crippen LogP contribution in [0.1, 0.15) is 15.9 Å². The Balaban J connectivity index is 1.78. The molecule has 4 nitrogen and oxygen atoms in total. The maximum absolute atomic E-state index is 12.0. The van der Waals surface area contributed by atoms with Crippen LogP contribution in [-0.2, 0) is 0 Å². The summed E-state index contributed by atoms with van der Waals surface area (Å²) in [6, 6.07) is 11.7. The van der Waals surface area contributed by atoms with Crippen molar-refractivity contribution in [2.45, 2.75) is 0 Å². The summed E-state index contributed by atoms with van der Waals surface area (Å²) in [7, 11) is 0. The summed E-state index contributed by atoms with van der Waals surface area (Å²) >= 11 is 0. The highest BCUT2D eigenvalue weighted by Crippen LogP contribution is 2.32. The van der Waals surface area contributed by atoms with Gasteiger partial charge in [-0.2, -0.15) is 0 Å². The molecule has 0 fully saturated rings. The van der Waals surface area contributed by atoms with Crippen LogP contribution in [0, 0.1) is 0 Å². The van der Waals surface area contributed by atoms with Crippen LogP contribution >= 0.6 is 0 Å². The molecule has 4 heteroatoms. The molecule has 0 bridgehead atoms. The van der Waals surface area contributed by atoms with Gasteiger partial charge in [0.1, 0.15) is 5.75 Å². The summed E-state index contributed by atoms with van der Waals surface area (Å²) in [5, 5.41) is 9.35. The van der Waals surface area contributed by atoms with Gasteiger partial charge in [-0.05, 0) is 35.9 Å². The van der Waals surface area contributed by atoms with Crippen molar-refractivity contribution >= 4 is 11.9 Å². The second-order valence-corrected chi connectivity index (χ2v) is 4.36. The van der Waals surface area contributed by atoms with E-state index < -0.39 is 0 Å². The Morgan fingerprint density at radius 3 is 2.80 bits per heavy atom. The molecule has 0 aromatic heterocycles. The van der Waals surface area contributed by atoms with Crippen LogP contribution in [0.15, 0.2) is 48.5 Å². The number of carbonyl (C=O) groups is 1. The number of ketones is 1. The Morgan fingerprint density at radius 2 is 1.95 bits per heavy atom. The van der Waals surface area contributed by atoms with Gasteiger partial charge in [0.25, 0.3) is 0 Å². The van der Waals surface area contributed by atoms with Crippen molar-refractivity contribution in [3.05, 3.63) is 59.7 Å². The molecule has 100 valence electrons. The topological polar surface area (TPSA) is 55.8 Å². The maximum Gasteiger partial charge on any atom is 0.231 e. The van der Waals surface area contributed by atoms with E-state index in [1.807, 2.05) is 12.1 Å². The number of hydrogen-bond acceptors (Lipinski definition) is 4. The molecule has 0 atom stereocenters. The predicted molar refractivity (Wildman–Crippen MR) is 74.0 cm³/mol. The average Bonchev–Trinajstić information content (AvgIpc) is 2.92. The molecule has 0 unspecified atom stereocenters. The molecule has 0 saturated heterocycles. The zero-order valence-corrected chi connectivity index (χ0v) is 10.6. The van der Waals surface area contributed by atoms with Crippen LogP contribution in [0.2, 0.25) is 0 Å². The van der Waals surface area contributed by atoms with Gasteiger partial charge in [-0.25, -0.2) is 0 Å². The van der Waals surface area contributed by atoms with Crippen molar-refractivity contribution in [2.75, 3.05) is 6.79 Å².